The largest absolute Gasteiger partial charge is 0.507 e. The van der Waals surface area contributed by atoms with Gasteiger partial charge in [-0.1, -0.05) is 42.5 Å². The Labute approximate surface area is 170 Å². The standard InChI is InChI=1S/C22H15N3O5/c26-20(14-7-2-1-3-8-14)18-19(16-10-4-5-11-17(16)25(29)30)24(22(28)21(18)27)15-9-6-12-23-13-15/h1-13,19,26H/b20-18+/t19-/m0/s1. The van der Waals surface area contributed by atoms with E-state index in [-0.39, 0.29) is 22.5 Å². The summed E-state index contributed by atoms with van der Waals surface area (Å²) in [5, 5.41) is 22.6. The van der Waals surface area contributed by atoms with Crippen molar-refractivity contribution >= 4 is 28.8 Å². The van der Waals surface area contributed by atoms with Crippen LogP contribution in [0.25, 0.3) is 5.76 Å². The lowest BCUT2D eigenvalue weighted by atomic mass is 9.94. The molecular weight excluding hydrogens is 386 g/mol. The van der Waals surface area contributed by atoms with Crippen LogP contribution in [0.3, 0.4) is 0 Å². The van der Waals surface area contributed by atoms with Gasteiger partial charge in [-0.05, 0) is 18.2 Å². The Balaban J connectivity index is 2.02. The Kier molecular flexibility index (Phi) is 4.81. The number of carbonyl (C=O) groups excluding carboxylic acids is 2. The van der Waals surface area contributed by atoms with Crippen LogP contribution in [0.4, 0.5) is 11.4 Å². The molecule has 30 heavy (non-hydrogen) atoms. The SMILES string of the molecule is O=C1C(=O)N(c2cccnc2)[C@@H](c2ccccc2[N+](=O)[O-])/C1=C(\O)c1ccccc1. The molecule has 1 amide bonds. The van der Waals surface area contributed by atoms with Crippen LogP contribution in [-0.4, -0.2) is 26.7 Å². The molecule has 0 spiro atoms. The monoisotopic (exact) mass is 401 g/mol. The van der Waals surface area contributed by atoms with Crippen molar-refractivity contribution in [2.75, 3.05) is 4.90 Å². The van der Waals surface area contributed by atoms with E-state index in [1.165, 1.54) is 30.6 Å². The number of para-hydroxylation sites is 1. The summed E-state index contributed by atoms with van der Waals surface area (Å²) in [6.45, 7) is 0. The van der Waals surface area contributed by atoms with Crippen molar-refractivity contribution < 1.29 is 19.6 Å². The van der Waals surface area contributed by atoms with E-state index in [4.69, 9.17) is 0 Å². The number of amides is 1. The molecule has 0 radical (unpaired) electrons. The summed E-state index contributed by atoms with van der Waals surface area (Å²) >= 11 is 0. The van der Waals surface area contributed by atoms with Crippen molar-refractivity contribution in [1.82, 2.24) is 4.98 Å². The number of ketones is 1. The fourth-order valence-corrected chi connectivity index (χ4v) is 3.53. The highest BCUT2D eigenvalue weighted by Crippen LogP contribution is 2.44. The van der Waals surface area contributed by atoms with Crippen LogP contribution < -0.4 is 4.90 Å². The van der Waals surface area contributed by atoms with Gasteiger partial charge < -0.3 is 5.11 Å². The minimum atomic E-state index is -1.18. The number of aromatic nitrogens is 1. The Morgan fingerprint density at radius 2 is 1.70 bits per heavy atom. The quantitative estimate of drug-likeness (QED) is 0.235. The van der Waals surface area contributed by atoms with Crippen LogP contribution in [0.5, 0.6) is 0 Å². The van der Waals surface area contributed by atoms with Gasteiger partial charge in [-0.3, -0.25) is 29.6 Å². The van der Waals surface area contributed by atoms with E-state index in [9.17, 15) is 24.8 Å². The molecule has 2 heterocycles. The van der Waals surface area contributed by atoms with Crippen LogP contribution in [0.15, 0.2) is 84.7 Å². The number of nitro groups is 1. The number of aliphatic hydroxyl groups excluding tert-OH is 1. The third-order valence-electron chi connectivity index (χ3n) is 4.84. The third-order valence-corrected chi connectivity index (χ3v) is 4.84. The molecule has 1 atom stereocenters. The molecular formula is C22H15N3O5. The van der Waals surface area contributed by atoms with Crippen molar-refractivity contribution in [3.8, 4) is 0 Å². The first kappa shape index (κ1) is 19.0. The Morgan fingerprint density at radius 1 is 1.00 bits per heavy atom. The highest BCUT2D eigenvalue weighted by molar-refractivity contribution is 6.51. The number of benzene rings is 2. The number of Topliss-reactive ketones (excluding diaryl/α,β-unsaturated/α-hetero) is 1. The second-order valence-electron chi connectivity index (χ2n) is 6.56. The van der Waals surface area contributed by atoms with Gasteiger partial charge >= 0.3 is 0 Å². The maximum Gasteiger partial charge on any atom is 0.300 e. The average Bonchev–Trinajstić information content (AvgIpc) is 3.05. The molecule has 0 unspecified atom stereocenters. The van der Waals surface area contributed by atoms with Gasteiger partial charge in [-0.25, -0.2) is 0 Å². The zero-order valence-corrected chi connectivity index (χ0v) is 15.5. The molecule has 4 rings (SSSR count). The lowest BCUT2D eigenvalue weighted by Crippen LogP contribution is -2.29. The molecule has 0 aliphatic carbocycles. The smallest absolute Gasteiger partial charge is 0.300 e. The molecule has 1 aromatic heterocycles. The first-order chi connectivity index (χ1) is 14.5. The number of rotatable bonds is 4. The van der Waals surface area contributed by atoms with Crippen LogP contribution in [0.2, 0.25) is 0 Å². The lowest BCUT2D eigenvalue weighted by molar-refractivity contribution is -0.385. The van der Waals surface area contributed by atoms with Crippen LogP contribution in [0, 0.1) is 10.1 Å². The van der Waals surface area contributed by atoms with Gasteiger partial charge in [0, 0.05) is 17.8 Å². The molecule has 1 aliphatic heterocycles. The van der Waals surface area contributed by atoms with Crippen molar-refractivity contribution in [1.29, 1.82) is 0 Å². The van der Waals surface area contributed by atoms with Crippen LogP contribution in [0.1, 0.15) is 17.2 Å². The van der Waals surface area contributed by atoms with Gasteiger partial charge in [-0.15, -0.1) is 0 Å². The summed E-state index contributed by atoms with van der Waals surface area (Å²) in [7, 11) is 0. The van der Waals surface area contributed by atoms with Crippen LogP contribution >= 0.6 is 0 Å². The van der Waals surface area contributed by atoms with Crippen molar-refractivity contribution in [3.63, 3.8) is 0 Å². The summed E-state index contributed by atoms with van der Waals surface area (Å²) in [4.78, 5) is 42.1. The predicted octanol–water partition coefficient (Wildman–Crippen LogP) is 3.62. The second-order valence-corrected chi connectivity index (χ2v) is 6.56. The maximum atomic E-state index is 13.0. The normalized spacial score (nSPS) is 17.9. The van der Waals surface area contributed by atoms with Crippen LogP contribution in [-0.2, 0) is 9.59 Å². The molecule has 1 saturated heterocycles. The van der Waals surface area contributed by atoms with E-state index in [1.54, 1.807) is 48.5 Å². The summed E-state index contributed by atoms with van der Waals surface area (Å²) in [5.74, 6) is -2.23. The topological polar surface area (TPSA) is 114 Å². The number of hydrogen-bond acceptors (Lipinski definition) is 6. The first-order valence-corrected chi connectivity index (χ1v) is 9.00. The molecule has 1 aliphatic rings. The minimum Gasteiger partial charge on any atom is -0.507 e. The zero-order valence-electron chi connectivity index (χ0n) is 15.5. The van der Waals surface area contributed by atoms with Crippen molar-refractivity contribution in [3.05, 3.63) is 106 Å². The Bertz CT molecular complexity index is 1180. The minimum absolute atomic E-state index is 0.114. The molecule has 8 nitrogen and oxygen atoms in total. The number of aliphatic hydroxyl groups is 1. The van der Waals surface area contributed by atoms with E-state index < -0.39 is 28.4 Å². The zero-order chi connectivity index (χ0) is 21.3. The number of nitrogens with zero attached hydrogens (tertiary/aromatic N) is 3. The number of anilines is 1. The van der Waals surface area contributed by atoms with E-state index in [0.29, 0.717) is 5.56 Å². The highest BCUT2D eigenvalue weighted by atomic mass is 16.6. The van der Waals surface area contributed by atoms with Gasteiger partial charge in [0.25, 0.3) is 17.4 Å². The van der Waals surface area contributed by atoms with Crippen molar-refractivity contribution in [2.45, 2.75) is 6.04 Å². The molecule has 8 heteroatoms. The molecule has 148 valence electrons. The molecule has 1 fully saturated rings. The summed E-state index contributed by atoms with van der Waals surface area (Å²) in [5.41, 5.74) is 0.241. The Hall–Kier alpha value is -4.33. The maximum absolute atomic E-state index is 13.0. The Morgan fingerprint density at radius 3 is 2.37 bits per heavy atom. The number of pyridine rings is 1. The van der Waals surface area contributed by atoms with Gasteiger partial charge in [0.1, 0.15) is 11.8 Å². The third kappa shape index (κ3) is 3.10. The number of nitro benzene ring substituents is 1. The highest BCUT2D eigenvalue weighted by Gasteiger charge is 2.48. The fraction of sp³-hybridized carbons (Fsp3) is 0.0455. The van der Waals surface area contributed by atoms with Gasteiger partial charge in [-0.2, -0.15) is 0 Å². The lowest BCUT2D eigenvalue weighted by Gasteiger charge is -2.24. The average molecular weight is 401 g/mol. The molecule has 0 saturated carbocycles. The molecule has 1 N–H and O–H groups in total. The summed E-state index contributed by atoms with van der Waals surface area (Å²) < 4.78 is 0. The number of carbonyl (C=O) groups is 2. The second kappa shape index (κ2) is 7.59. The molecule has 3 aromatic rings. The van der Waals surface area contributed by atoms with E-state index in [1.807, 2.05) is 0 Å². The van der Waals surface area contributed by atoms with E-state index in [2.05, 4.69) is 4.98 Å². The predicted molar refractivity (Wildman–Crippen MR) is 109 cm³/mol. The first-order valence-electron chi connectivity index (χ1n) is 9.00. The van der Waals surface area contributed by atoms with Gasteiger partial charge in [0.05, 0.1) is 27.9 Å². The fourth-order valence-electron chi connectivity index (χ4n) is 3.53. The van der Waals surface area contributed by atoms with E-state index in [0.717, 1.165) is 4.90 Å². The van der Waals surface area contributed by atoms with E-state index >= 15 is 0 Å². The number of hydrogen-bond donors (Lipinski definition) is 1. The van der Waals surface area contributed by atoms with Gasteiger partial charge in [0.2, 0.25) is 0 Å². The molecule has 0 bridgehead atoms. The van der Waals surface area contributed by atoms with Gasteiger partial charge in [0.15, 0.2) is 0 Å². The molecule has 2 aromatic carbocycles. The summed E-state index contributed by atoms with van der Waals surface area (Å²) in [6, 6.07) is 16.1. The van der Waals surface area contributed by atoms with Crippen molar-refractivity contribution in [2.24, 2.45) is 0 Å². The summed E-state index contributed by atoms with van der Waals surface area (Å²) in [6.07, 6.45) is 2.89.